The van der Waals surface area contributed by atoms with Gasteiger partial charge in [-0.3, -0.25) is 4.79 Å². The molecule has 152 valence electrons. The van der Waals surface area contributed by atoms with Crippen molar-refractivity contribution in [3.8, 4) is 5.75 Å². The van der Waals surface area contributed by atoms with E-state index in [-0.39, 0.29) is 11.8 Å². The number of benzene rings is 1. The fourth-order valence-electron chi connectivity index (χ4n) is 3.39. The normalized spacial score (nSPS) is 14.7. The Morgan fingerprint density at radius 1 is 1.31 bits per heavy atom. The molecule has 0 spiro atoms. The Bertz CT molecular complexity index is 996. The zero-order chi connectivity index (χ0) is 20.2. The molecular weight excluding hydrogens is 410 g/mol. The predicted octanol–water partition coefficient (Wildman–Crippen LogP) is 3.77. The van der Waals surface area contributed by atoms with Crippen LogP contribution in [0, 0.1) is 0 Å². The summed E-state index contributed by atoms with van der Waals surface area (Å²) in [6.07, 6.45) is 1.90. The molecule has 9 heteroatoms. The molecule has 1 saturated heterocycles. The average molecular weight is 432 g/mol. The first-order chi connectivity index (χ1) is 14.2. The summed E-state index contributed by atoms with van der Waals surface area (Å²) >= 11 is 7.52. The number of rotatable bonds is 6. The Hall–Kier alpha value is -2.42. The van der Waals surface area contributed by atoms with Crippen LogP contribution in [0.5, 0.6) is 5.75 Å². The maximum absolute atomic E-state index is 13.3. The summed E-state index contributed by atoms with van der Waals surface area (Å²) in [5.41, 5.74) is 0.443. The van der Waals surface area contributed by atoms with Crippen LogP contribution in [0.25, 0.3) is 0 Å². The maximum Gasteiger partial charge on any atom is 0.285 e. The highest BCUT2D eigenvalue weighted by molar-refractivity contribution is 7.16. The molecule has 3 heterocycles. The van der Waals surface area contributed by atoms with Crippen LogP contribution in [0.1, 0.15) is 39.8 Å². The van der Waals surface area contributed by atoms with E-state index in [0.717, 1.165) is 35.1 Å². The van der Waals surface area contributed by atoms with Crippen molar-refractivity contribution in [2.75, 3.05) is 25.5 Å². The van der Waals surface area contributed by atoms with Crippen LogP contribution in [-0.2, 0) is 6.54 Å². The number of piperidine rings is 1. The number of hydrogen-bond donors (Lipinski definition) is 2. The first-order valence-corrected chi connectivity index (χ1v) is 10.7. The van der Waals surface area contributed by atoms with E-state index in [2.05, 4.69) is 20.7 Å². The van der Waals surface area contributed by atoms with Crippen LogP contribution < -0.4 is 15.4 Å². The smallest absolute Gasteiger partial charge is 0.285 e. The molecule has 0 aliphatic carbocycles. The summed E-state index contributed by atoms with van der Waals surface area (Å²) in [6.45, 7) is 2.37. The lowest BCUT2D eigenvalue weighted by Gasteiger charge is -2.19. The van der Waals surface area contributed by atoms with E-state index in [1.807, 2.05) is 18.2 Å². The van der Waals surface area contributed by atoms with Gasteiger partial charge in [0.05, 0.1) is 23.6 Å². The Morgan fingerprint density at radius 2 is 2.10 bits per heavy atom. The summed E-state index contributed by atoms with van der Waals surface area (Å²) in [5.74, 6) is 1.59. The fraction of sp³-hybridized carbons (Fsp3) is 0.350. The maximum atomic E-state index is 13.3. The highest BCUT2D eigenvalue weighted by atomic mass is 35.5. The predicted molar refractivity (Wildman–Crippen MR) is 114 cm³/mol. The van der Waals surface area contributed by atoms with Gasteiger partial charge in [0.1, 0.15) is 5.75 Å². The topological polar surface area (TPSA) is 81.1 Å². The molecule has 1 aromatic carbocycles. The highest BCUT2D eigenvalue weighted by Gasteiger charge is 2.25. The van der Waals surface area contributed by atoms with Gasteiger partial charge in [-0.05, 0) is 50.2 Å². The molecule has 0 unspecified atom stereocenters. The van der Waals surface area contributed by atoms with E-state index in [1.165, 1.54) is 16.0 Å². The van der Waals surface area contributed by atoms with Crippen molar-refractivity contribution in [2.24, 2.45) is 0 Å². The van der Waals surface area contributed by atoms with Crippen molar-refractivity contribution in [3.05, 3.63) is 57.0 Å². The highest BCUT2D eigenvalue weighted by Crippen LogP contribution is 2.27. The van der Waals surface area contributed by atoms with Crippen molar-refractivity contribution in [3.63, 3.8) is 0 Å². The molecule has 2 N–H and O–H groups in total. The van der Waals surface area contributed by atoms with E-state index in [1.54, 1.807) is 25.3 Å². The number of aromatic nitrogens is 3. The average Bonchev–Trinajstić information content (AvgIpc) is 3.38. The van der Waals surface area contributed by atoms with Gasteiger partial charge in [-0.1, -0.05) is 23.7 Å². The number of nitrogens with one attached hydrogen (secondary N) is 2. The quantitative estimate of drug-likeness (QED) is 0.618. The molecule has 1 fully saturated rings. The fourth-order valence-corrected chi connectivity index (χ4v) is 4.41. The Morgan fingerprint density at radius 3 is 2.83 bits per heavy atom. The molecule has 29 heavy (non-hydrogen) atoms. The zero-order valence-corrected chi connectivity index (χ0v) is 17.6. The molecule has 0 radical (unpaired) electrons. The number of anilines is 1. The molecule has 7 nitrogen and oxygen atoms in total. The number of ether oxygens (including phenoxy) is 1. The monoisotopic (exact) mass is 431 g/mol. The van der Waals surface area contributed by atoms with Gasteiger partial charge in [0, 0.05) is 10.8 Å². The summed E-state index contributed by atoms with van der Waals surface area (Å²) in [7, 11) is 1.55. The van der Waals surface area contributed by atoms with Gasteiger partial charge >= 0.3 is 0 Å². The van der Waals surface area contributed by atoms with Crippen molar-refractivity contribution in [2.45, 2.75) is 25.3 Å². The van der Waals surface area contributed by atoms with E-state index in [0.29, 0.717) is 29.6 Å². The second-order valence-electron chi connectivity index (χ2n) is 6.79. The van der Waals surface area contributed by atoms with Gasteiger partial charge in [0.2, 0.25) is 5.95 Å². The van der Waals surface area contributed by atoms with Crippen molar-refractivity contribution < 1.29 is 9.53 Å². The van der Waals surface area contributed by atoms with Gasteiger partial charge in [0.25, 0.3) is 5.91 Å². The zero-order valence-electron chi connectivity index (χ0n) is 16.0. The second kappa shape index (κ2) is 8.94. The van der Waals surface area contributed by atoms with Crippen LogP contribution in [0.2, 0.25) is 4.34 Å². The molecule has 4 rings (SSSR count). The lowest BCUT2D eigenvalue weighted by atomic mass is 9.98. The molecular formula is C20H22ClN5O2S. The van der Waals surface area contributed by atoms with Crippen molar-refractivity contribution >= 4 is 34.8 Å². The summed E-state index contributed by atoms with van der Waals surface area (Å²) < 4.78 is 7.44. The third-order valence-electron chi connectivity index (χ3n) is 4.91. The van der Waals surface area contributed by atoms with E-state index >= 15 is 0 Å². The van der Waals surface area contributed by atoms with Gasteiger partial charge in [0.15, 0.2) is 5.82 Å². The molecule has 0 amide bonds. The van der Waals surface area contributed by atoms with E-state index < -0.39 is 0 Å². The minimum Gasteiger partial charge on any atom is -0.496 e. The molecule has 3 aromatic rings. The third-order valence-corrected chi connectivity index (χ3v) is 6.14. The molecule has 0 bridgehead atoms. The van der Waals surface area contributed by atoms with Crippen molar-refractivity contribution in [1.29, 1.82) is 0 Å². The van der Waals surface area contributed by atoms with Gasteiger partial charge in [-0.15, -0.1) is 16.4 Å². The molecule has 0 atom stereocenters. The Kier molecular flexibility index (Phi) is 6.13. The summed E-state index contributed by atoms with van der Waals surface area (Å²) in [5, 5.41) is 11.2. The van der Waals surface area contributed by atoms with E-state index in [9.17, 15) is 4.79 Å². The first kappa shape index (κ1) is 19.9. The largest absolute Gasteiger partial charge is 0.496 e. The molecule has 1 aliphatic rings. The molecule has 1 aliphatic heterocycles. The van der Waals surface area contributed by atoms with Crippen LogP contribution in [0.3, 0.4) is 0 Å². The number of carbonyl (C=O) groups excluding carboxylic acids is 1. The van der Waals surface area contributed by atoms with Crippen LogP contribution in [0.15, 0.2) is 36.4 Å². The van der Waals surface area contributed by atoms with Gasteiger partial charge in [-0.25, -0.2) is 0 Å². The minimum absolute atomic E-state index is 0.236. The number of carbonyl (C=O) groups is 1. The van der Waals surface area contributed by atoms with Crippen molar-refractivity contribution in [1.82, 2.24) is 20.1 Å². The molecule has 0 saturated carbocycles. The second-order valence-corrected chi connectivity index (χ2v) is 8.59. The number of thiophene rings is 1. The molecule has 2 aromatic heterocycles. The van der Waals surface area contributed by atoms with E-state index in [4.69, 9.17) is 16.3 Å². The number of methoxy groups -OCH3 is 1. The van der Waals surface area contributed by atoms with Crippen LogP contribution in [-0.4, -0.2) is 40.9 Å². The summed E-state index contributed by atoms with van der Waals surface area (Å²) in [4.78, 5) is 19.0. The summed E-state index contributed by atoms with van der Waals surface area (Å²) in [6, 6.07) is 10.9. The number of para-hydroxylation sites is 1. The minimum atomic E-state index is -0.276. The Balaban J connectivity index is 1.65. The lowest BCUT2D eigenvalue weighted by Crippen LogP contribution is -2.27. The number of nitrogens with zero attached hydrogens (tertiary/aromatic N) is 3. The first-order valence-electron chi connectivity index (χ1n) is 9.49. The van der Waals surface area contributed by atoms with Gasteiger partial charge < -0.3 is 15.4 Å². The SMILES string of the molecule is COc1ccccc1C(=O)n1nc(C2CCNCC2)nc1NCc1ccc(Cl)s1. The lowest BCUT2D eigenvalue weighted by molar-refractivity contribution is 0.0943. The standard InChI is InChI=1S/C20H22ClN5O2S/c1-28-16-5-3-2-4-15(16)19(27)26-20(23-12-14-6-7-17(21)29-14)24-18(25-26)13-8-10-22-11-9-13/h2-7,13,22H,8-12H2,1H3,(H,23,24,25). The van der Waals surface area contributed by atoms with Crippen LogP contribution in [0.4, 0.5) is 5.95 Å². The number of halogens is 1. The Labute approximate surface area is 178 Å². The van der Waals surface area contributed by atoms with Crippen LogP contribution >= 0.6 is 22.9 Å². The third kappa shape index (κ3) is 4.44. The number of hydrogen-bond acceptors (Lipinski definition) is 7. The van der Waals surface area contributed by atoms with Gasteiger partial charge in [-0.2, -0.15) is 9.67 Å².